The first kappa shape index (κ1) is 29.3. The van der Waals surface area contributed by atoms with E-state index >= 15 is 0 Å². The fourth-order valence-corrected chi connectivity index (χ4v) is 5.50. The molecule has 6 unspecified atom stereocenters. The fourth-order valence-electron chi connectivity index (χ4n) is 5.50. The summed E-state index contributed by atoms with van der Waals surface area (Å²) in [6.45, 7) is 6.44. The van der Waals surface area contributed by atoms with Crippen LogP contribution in [0.25, 0.3) is 0 Å². The van der Waals surface area contributed by atoms with E-state index in [-0.39, 0.29) is 53.4 Å². The Labute approximate surface area is 191 Å². The number of esters is 4. The highest BCUT2D eigenvalue weighted by Gasteiger charge is 2.59. The number of cyclic esters (lactones) is 2. The zero-order valence-electron chi connectivity index (χ0n) is 16.2. The Hall–Kier alpha value is -2.70. The molecule has 1 heterocycles. The van der Waals surface area contributed by atoms with Gasteiger partial charge in [-0.3, -0.25) is 19.2 Å². The van der Waals surface area contributed by atoms with Crippen molar-refractivity contribution in [3.63, 3.8) is 0 Å². The van der Waals surface area contributed by atoms with Crippen molar-refractivity contribution < 1.29 is 33.4 Å². The van der Waals surface area contributed by atoms with E-state index in [2.05, 4.69) is 6.92 Å². The number of rotatable bonds is 3. The summed E-state index contributed by atoms with van der Waals surface area (Å²) >= 11 is 0. The minimum atomic E-state index is -0.520. The summed E-state index contributed by atoms with van der Waals surface area (Å²) in [5, 5.41) is 0. The Balaban J connectivity index is 0.00000240. The number of hydrogen-bond donors (Lipinski definition) is 0. The Bertz CT molecular complexity index is 904. The van der Waals surface area contributed by atoms with Gasteiger partial charge < -0.3 is 14.2 Å². The second kappa shape index (κ2) is 10.3. The monoisotopic (exact) mass is 450 g/mol. The van der Waals surface area contributed by atoms with E-state index in [1.807, 2.05) is 0 Å². The molecule has 1 saturated carbocycles. The lowest BCUT2D eigenvalue weighted by Crippen LogP contribution is -2.33. The van der Waals surface area contributed by atoms with Crippen LogP contribution in [0.15, 0.2) is 12.1 Å². The highest BCUT2D eigenvalue weighted by molar-refractivity contribution is 5.96. The lowest BCUT2D eigenvalue weighted by atomic mass is 9.68. The number of fused-ring (bicyclic) bond motifs is 5. The van der Waals surface area contributed by atoms with Crippen LogP contribution in [-0.2, 0) is 23.9 Å². The first-order valence-corrected chi connectivity index (χ1v) is 9.49. The number of carbonyl (C=O) groups is 4. The molecule has 6 atom stereocenters. The third-order valence-electron chi connectivity index (χ3n) is 6.47. The van der Waals surface area contributed by atoms with Gasteiger partial charge in [0.25, 0.3) is 0 Å². The molecule has 180 valence electrons. The molecule has 1 saturated heterocycles. The van der Waals surface area contributed by atoms with E-state index in [1.54, 1.807) is 19.1 Å². The number of hydrogen-bond acceptors (Lipinski definition) is 7. The summed E-state index contributed by atoms with van der Waals surface area (Å²) in [6.07, 6.45) is 0.748. The minimum absolute atomic E-state index is 0. The maximum Gasteiger partial charge on any atom is 0.317 e. The van der Waals surface area contributed by atoms with E-state index in [0.29, 0.717) is 11.5 Å². The van der Waals surface area contributed by atoms with Crippen molar-refractivity contribution >= 4 is 23.9 Å². The van der Waals surface area contributed by atoms with E-state index in [0.717, 1.165) is 17.5 Å². The molecule has 7 nitrogen and oxygen atoms in total. The van der Waals surface area contributed by atoms with Crippen molar-refractivity contribution in [3.05, 3.63) is 23.3 Å². The van der Waals surface area contributed by atoms with Crippen molar-refractivity contribution in [1.82, 2.24) is 0 Å². The molecule has 1 aliphatic heterocycles. The lowest BCUT2D eigenvalue weighted by molar-refractivity contribution is -0.154. The summed E-state index contributed by atoms with van der Waals surface area (Å²) in [4.78, 5) is 47.5. The standard InChI is InChI=1S/C21H22O7.4CH4/c1-8-12-7-13(16(8)17-9(2)20(24)28-21(17)25)19-15(27-11(4)23)6-5-14(18(12)19)26-10(3)22;;;;/h5-6,8-9,12-13,16-17H,7H2,1-4H3;4*1H4. The van der Waals surface area contributed by atoms with Gasteiger partial charge in [0.1, 0.15) is 11.5 Å². The van der Waals surface area contributed by atoms with E-state index in [1.165, 1.54) is 13.8 Å². The normalized spacial score (nSPS) is 28.8. The van der Waals surface area contributed by atoms with Crippen LogP contribution >= 0.6 is 0 Å². The Morgan fingerprint density at radius 1 is 0.844 bits per heavy atom. The summed E-state index contributed by atoms with van der Waals surface area (Å²) in [6, 6.07) is 3.28. The molecule has 2 aliphatic carbocycles. The van der Waals surface area contributed by atoms with Crippen molar-refractivity contribution in [3.8, 4) is 11.5 Å². The maximum atomic E-state index is 12.4. The van der Waals surface area contributed by atoms with Crippen molar-refractivity contribution in [2.45, 2.75) is 75.7 Å². The van der Waals surface area contributed by atoms with E-state index < -0.39 is 35.7 Å². The molecule has 4 rings (SSSR count). The summed E-state index contributed by atoms with van der Waals surface area (Å²) in [5.41, 5.74) is 1.68. The highest BCUT2D eigenvalue weighted by atomic mass is 16.6. The first-order chi connectivity index (χ1) is 13.2. The lowest BCUT2D eigenvalue weighted by Gasteiger charge is -2.35. The second-order valence-corrected chi connectivity index (χ2v) is 8.02. The molecule has 0 spiro atoms. The number of carbonyl (C=O) groups excluding carboxylic acids is 4. The van der Waals surface area contributed by atoms with E-state index in [4.69, 9.17) is 14.2 Å². The maximum absolute atomic E-state index is 12.4. The summed E-state index contributed by atoms with van der Waals surface area (Å²) in [5.74, 6) is -2.01. The molecule has 0 aromatic heterocycles. The molecular formula is C25H38O7. The highest BCUT2D eigenvalue weighted by Crippen LogP contribution is 2.66. The summed E-state index contributed by atoms with van der Waals surface area (Å²) in [7, 11) is 0. The van der Waals surface area contributed by atoms with Crippen molar-refractivity contribution in [2.75, 3.05) is 0 Å². The number of benzene rings is 1. The van der Waals surface area contributed by atoms with Gasteiger partial charge in [0.05, 0.1) is 11.8 Å². The van der Waals surface area contributed by atoms with Crippen LogP contribution in [0.4, 0.5) is 0 Å². The SMILES string of the molecule is C.C.C.C.CC(=O)Oc1ccc(OC(C)=O)c2c1C1CC2C(C2C(=O)OC(=O)C2C)C1C. The molecular weight excluding hydrogens is 412 g/mol. The van der Waals surface area contributed by atoms with Gasteiger partial charge in [-0.15, -0.1) is 0 Å². The molecule has 0 amide bonds. The minimum Gasteiger partial charge on any atom is -0.426 e. The van der Waals surface area contributed by atoms with E-state index in [9.17, 15) is 19.2 Å². The van der Waals surface area contributed by atoms with Crippen LogP contribution in [0.2, 0.25) is 0 Å². The van der Waals surface area contributed by atoms with Crippen LogP contribution in [0.1, 0.15) is 86.8 Å². The van der Waals surface area contributed by atoms with Gasteiger partial charge in [-0.1, -0.05) is 43.6 Å². The molecule has 32 heavy (non-hydrogen) atoms. The first-order valence-electron chi connectivity index (χ1n) is 9.49. The van der Waals surface area contributed by atoms with Gasteiger partial charge >= 0.3 is 23.9 Å². The summed E-state index contributed by atoms with van der Waals surface area (Å²) < 4.78 is 15.7. The predicted molar refractivity (Wildman–Crippen MR) is 122 cm³/mol. The van der Waals surface area contributed by atoms with Crippen LogP contribution in [0.3, 0.4) is 0 Å². The number of ether oxygens (including phenoxy) is 3. The van der Waals surface area contributed by atoms with Crippen LogP contribution in [0.5, 0.6) is 11.5 Å². The third-order valence-corrected chi connectivity index (χ3v) is 6.47. The van der Waals surface area contributed by atoms with Crippen LogP contribution in [-0.4, -0.2) is 23.9 Å². The largest absolute Gasteiger partial charge is 0.426 e. The van der Waals surface area contributed by atoms with Crippen molar-refractivity contribution in [1.29, 1.82) is 0 Å². The fraction of sp³-hybridized carbons (Fsp3) is 0.600. The Morgan fingerprint density at radius 2 is 1.31 bits per heavy atom. The van der Waals surface area contributed by atoms with Gasteiger partial charge in [0, 0.05) is 25.0 Å². The third kappa shape index (κ3) is 4.30. The average molecular weight is 451 g/mol. The zero-order valence-corrected chi connectivity index (χ0v) is 16.2. The smallest absolute Gasteiger partial charge is 0.317 e. The molecule has 7 heteroatoms. The molecule has 0 radical (unpaired) electrons. The molecule has 1 aromatic carbocycles. The Kier molecular flexibility index (Phi) is 9.41. The van der Waals surface area contributed by atoms with Gasteiger partial charge in [0.15, 0.2) is 0 Å². The molecule has 0 N–H and O–H groups in total. The zero-order chi connectivity index (χ0) is 20.3. The molecule has 3 aliphatic rings. The molecule has 2 fully saturated rings. The van der Waals surface area contributed by atoms with Gasteiger partial charge in [-0.2, -0.15) is 0 Å². The van der Waals surface area contributed by atoms with Crippen LogP contribution in [0, 0.1) is 23.7 Å². The van der Waals surface area contributed by atoms with Crippen LogP contribution < -0.4 is 9.47 Å². The van der Waals surface area contributed by atoms with Crippen molar-refractivity contribution in [2.24, 2.45) is 23.7 Å². The van der Waals surface area contributed by atoms with Gasteiger partial charge in [0.2, 0.25) is 0 Å². The van der Waals surface area contributed by atoms with Gasteiger partial charge in [-0.25, -0.2) is 0 Å². The van der Waals surface area contributed by atoms with Gasteiger partial charge in [-0.05, 0) is 42.2 Å². The Morgan fingerprint density at radius 3 is 1.72 bits per heavy atom. The predicted octanol–water partition coefficient (Wildman–Crippen LogP) is 5.25. The quantitative estimate of drug-likeness (QED) is 0.352. The topological polar surface area (TPSA) is 96.0 Å². The molecule has 1 aromatic rings. The average Bonchev–Trinajstić information content (AvgIpc) is 3.21. The second-order valence-electron chi connectivity index (χ2n) is 8.02. The molecule has 2 bridgehead atoms.